The van der Waals surface area contributed by atoms with Crippen LogP contribution in [-0.4, -0.2) is 42.2 Å². The SMILES string of the molecule is COc1ccc(/C=C(\NC(=O)c2ccccc2)C(=O)Nc2ccc(SC(C)C(=O)Nc3ccccn3)cc2)c(OC)c1. The van der Waals surface area contributed by atoms with Crippen molar-refractivity contribution < 1.29 is 23.9 Å². The first-order chi connectivity index (χ1) is 20.4. The van der Waals surface area contributed by atoms with Crippen molar-refractivity contribution in [3.8, 4) is 11.5 Å². The lowest BCUT2D eigenvalue weighted by Gasteiger charge is -2.14. The first-order valence-corrected chi connectivity index (χ1v) is 13.8. The van der Waals surface area contributed by atoms with Crippen LogP contribution in [0.1, 0.15) is 22.8 Å². The number of ether oxygens (including phenoxy) is 2. The van der Waals surface area contributed by atoms with Crippen LogP contribution < -0.4 is 25.4 Å². The number of benzene rings is 3. The average Bonchev–Trinajstić information content (AvgIpc) is 3.02. The Labute approximate surface area is 248 Å². The largest absolute Gasteiger partial charge is 0.497 e. The van der Waals surface area contributed by atoms with E-state index in [2.05, 4.69) is 20.9 Å². The fourth-order valence-corrected chi connectivity index (χ4v) is 4.64. The Balaban J connectivity index is 1.49. The highest BCUT2D eigenvalue weighted by Gasteiger charge is 2.18. The van der Waals surface area contributed by atoms with Crippen LogP contribution in [-0.2, 0) is 9.59 Å². The number of hydrogen-bond acceptors (Lipinski definition) is 7. The highest BCUT2D eigenvalue weighted by molar-refractivity contribution is 8.00. The van der Waals surface area contributed by atoms with Gasteiger partial charge in [0.15, 0.2) is 0 Å². The zero-order valence-electron chi connectivity index (χ0n) is 23.3. The van der Waals surface area contributed by atoms with Crippen LogP contribution in [0.3, 0.4) is 0 Å². The number of rotatable bonds is 11. The summed E-state index contributed by atoms with van der Waals surface area (Å²) < 4.78 is 10.7. The number of nitrogens with zero attached hydrogens (tertiary/aromatic N) is 1. The van der Waals surface area contributed by atoms with Gasteiger partial charge < -0.3 is 25.4 Å². The summed E-state index contributed by atoms with van der Waals surface area (Å²) >= 11 is 1.37. The van der Waals surface area contributed by atoms with Crippen molar-refractivity contribution >= 4 is 47.1 Å². The number of methoxy groups -OCH3 is 2. The second-order valence-corrected chi connectivity index (χ2v) is 10.3. The van der Waals surface area contributed by atoms with Crippen molar-refractivity contribution in [3.63, 3.8) is 0 Å². The minimum Gasteiger partial charge on any atom is -0.497 e. The lowest BCUT2D eigenvalue weighted by Crippen LogP contribution is -2.30. The Morgan fingerprint density at radius 2 is 1.60 bits per heavy atom. The van der Waals surface area contributed by atoms with E-state index < -0.39 is 11.8 Å². The molecule has 214 valence electrons. The van der Waals surface area contributed by atoms with Crippen molar-refractivity contribution in [3.05, 3.63) is 114 Å². The van der Waals surface area contributed by atoms with Crippen molar-refractivity contribution in [1.82, 2.24) is 10.3 Å². The van der Waals surface area contributed by atoms with Gasteiger partial charge in [0, 0.05) is 34.0 Å². The molecule has 4 rings (SSSR count). The molecule has 9 nitrogen and oxygen atoms in total. The van der Waals surface area contributed by atoms with Crippen molar-refractivity contribution in [2.45, 2.75) is 17.1 Å². The van der Waals surface area contributed by atoms with Gasteiger partial charge in [-0.05, 0) is 73.7 Å². The van der Waals surface area contributed by atoms with Crippen molar-refractivity contribution in [2.75, 3.05) is 24.9 Å². The van der Waals surface area contributed by atoms with E-state index in [4.69, 9.17) is 9.47 Å². The fourth-order valence-electron chi connectivity index (χ4n) is 3.77. The Morgan fingerprint density at radius 1 is 0.857 bits per heavy atom. The second-order valence-electron chi connectivity index (χ2n) is 8.93. The van der Waals surface area contributed by atoms with Gasteiger partial charge in [0.25, 0.3) is 11.8 Å². The molecule has 1 atom stereocenters. The van der Waals surface area contributed by atoms with E-state index in [1.807, 2.05) is 12.1 Å². The van der Waals surface area contributed by atoms with E-state index in [0.29, 0.717) is 34.1 Å². The number of nitrogens with one attached hydrogen (secondary N) is 3. The number of carbonyl (C=O) groups excluding carboxylic acids is 3. The Morgan fingerprint density at radius 3 is 2.26 bits per heavy atom. The van der Waals surface area contributed by atoms with Gasteiger partial charge in [-0.15, -0.1) is 11.8 Å². The molecule has 3 aromatic carbocycles. The lowest BCUT2D eigenvalue weighted by atomic mass is 10.1. The molecule has 42 heavy (non-hydrogen) atoms. The molecule has 4 aromatic rings. The maximum absolute atomic E-state index is 13.4. The smallest absolute Gasteiger partial charge is 0.272 e. The van der Waals surface area contributed by atoms with E-state index in [-0.39, 0.29) is 16.9 Å². The predicted octanol–water partition coefficient (Wildman–Crippen LogP) is 5.63. The summed E-state index contributed by atoms with van der Waals surface area (Å²) in [6.07, 6.45) is 3.15. The number of hydrogen-bond donors (Lipinski definition) is 3. The molecular weight excluding hydrogens is 552 g/mol. The monoisotopic (exact) mass is 582 g/mol. The van der Waals surface area contributed by atoms with Crippen LogP contribution in [0.25, 0.3) is 6.08 Å². The van der Waals surface area contributed by atoms with Gasteiger partial charge in [0.05, 0.1) is 19.5 Å². The summed E-state index contributed by atoms with van der Waals surface area (Å²) in [6, 6.07) is 26.1. The third-order valence-corrected chi connectivity index (χ3v) is 7.09. The molecule has 0 aliphatic heterocycles. The van der Waals surface area contributed by atoms with E-state index >= 15 is 0 Å². The normalized spacial score (nSPS) is 11.6. The van der Waals surface area contributed by atoms with Gasteiger partial charge in [-0.3, -0.25) is 14.4 Å². The number of pyridine rings is 1. The lowest BCUT2D eigenvalue weighted by molar-refractivity contribution is -0.115. The number of anilines is 2. The van der Waals surface area contributed by atoms with Gasteiger partial charge in [0.2, 0.25) is 5.91 Å². The summed E-state index contributed by atoms with van der Waals surface area (Å²) in [6.45, 7) is 1.80. The summed E-state index contributed by atoms with van der Waals surface area (Å²) in [5, 5.41) is 7.96. The molecule has 1 aromatic heterocycles. The molecule has 0 bridgehead atoms. The molecule has 1 unspecified atom stereocenters. The number of carbonyl (C=O) groups is 3. The fraction of sp³-hybridized carbons (Fsp3) is 0.125. The minimum absolute atomic E-state index is 0.0191. The molecule has 0 fully saturated rings. The quantitative estimate of drug-likeness (QED) is 0.155. The topological polar surface area (TPSA) is 119 Å². The van der Waals surface area contributed by atoms with Gasteiger partial charge >= 0.3 is 0 Å². The highest BCUT2D eigenvalue weighted by atomic mass is 32.2. The van der Waals surface area contributed by atoms with Crippen LogP contribution in [0.4, 0.5) is 11.5 Å². The molecule has 0 spiro atoms. The Bertz CT molecular complexity index is 1560. The first kappa shape index (κ1) is 29.9. The standard InChI is InChI=1S/C32H30N4O5S/c1-21(30(37)36-29-11-7-8-18-33-29)42-26-16-13-24(14-17-26)34-32(39)27(35-31(38)22-9-5-4-6-10-22)19-23-12-15-25(40-2)20-28(23)41-3/h4-21H,1-3H3,(H,34,39)(H,35,38)(H,33,36,37)/b27-19-. The maximum atomic E-state index is 13.4. The van der Waals surface area contributed by atoms with Crippen LogP contribution in [0.2, 0.25) is 0 Å². The molecule has 0 saturated carbocycles. The maximum Gasteiger partial charge on any atom is 0.272 e. The summed E-state index contributed by atoms with van der Waals surface area (Å²) in [7, 11) is 3.06. The number of thioether (sulfide) groups is 1. The Kier molecular flexibility index (Phi) is 10.3. The minimum atomic E-state index is -0.527. The van der Waals surface area contributed by atoms with Gasteiger partial charge in [-0.25, -0.2) is 4.98 Å². The molecule has 0 aliphatic carbocycles. The number of amides is 3. The van der Waals surface area contributed by atoms with Crippen molar-refractivity contribution in [2.24, 2.45) is 0 Å². The third kappa shape index (κ3) is 8.21. The van der Waals surface area contributed by atoms with E-state index in [1.54, 1.807) is 105 Å². The molecule has 3 amide bonds. The summed E-state index contributed by atoms with van der Waals surface area (Å²) in [5.41, 5.74) is 1.50. The summed E-state index contributed by atoms with van der Waals surface area (Å²) in [5.74, 6) is 0.410. The molecule has 0 radical (unpaired) electrons. The molecule has 0 aliphatic rings. The molecule has 10 heteroatoms. The summed E-state index contributed by atoms with van der Waals surface area (Å²) in [4.78, 5) is 43.9. The average molecular weight is 583 g/mol. The van der Waals surface area contributed by atoms with E-state index in [9.17, 15) is 14.4 Å². The molecular formula is C32H30N4O5S. The van der Waals surface area contributed by atoms with E-state index in [0.717, 1.165) is 4.90 Å². The Hall–Kier alpha value is -5.09. The first-order valence-electron chi connectivity index (χ1n) is 13.0. The van der Waals surface area contributed by atoms with Crippen LogP contribution in [0, 0.1) is 0 Å². The van der Waals surface area contributed by atoms with Crippen molar-refractivity contribution in [1.29, 1.82) is 0 Å². The predicted molar refractivity (Wildman–Crippen MR) is 165 cm³/mol. The highest BCUT2D eigenvalue weighted by Crippen LogP contribution is 2.28. The van der Waals surface area contributed by atoms with Crippen LogP contribution in [0.5, 0.6) is 11.5 Å². The molecule has 1 heterocycles. The van der Waals surface area contributed by atoms with Gasteiger partial charge in [-0.1, -0.05) is 24.3 Å². The zero-order chi connectivity index (χ0) is 29.9. The second kappa shape index (κ2) is 14.5. The molecule has 0 saturated heterocycles. The van der Waals surface area contributed by atoms with E-state index in [1.165, 1.54) is 18.9 Å². The van der Waals surface area contributed by atoms with Gasteiger partial charge in [0.1, 0.15) is 23.0 Å². The zero-order valence-corrected chi connectivity index (χ0v) is 24.1. The number of aromatic nitrogens is 1. The third-order valence-electron chi connectivity index (χ3n) is 5.98. The molecule has 3 N–H and O–H groups in total. The van der Waals surface area contributed by atoms with Crippen LogP contribution in [0.15, 0.2) is 108 Å². The van der Waals surface area contributed by atoms with Crippen LogP contribution >= 0.6 is 11.8 Å². The van der Waals surface area contributed by atoms with Gasteiger partial charge in [-0.2, -0.15) is 0 Å².